The summed E-state index contributed by atoms with van der Waals surface area (Å²) in [4.78, 5) is 41.1. The first-order valence-electron chi connectivity index (χ1n) is 8.75. The van der Waals surface area contributed by atoms with Crippen LogP contribution in [0.1, 0.15) is 40.3 Å². The van der Waals surface area contributed by atoms with Gasteiger partial charge in [0.2, 0.25) is 5.91 Å². The maximum Gasteiger partial charge on any atom is 0.255 e. The van der Waals surface area contributed by atoms with Crippen molar-refractivity contribution in [2.45, 2.75) is 45.4 Å². The van der Waals surface area contributed by atoms with Crippen molar-refractivity contribution >= 4 is 11.8 Å². The maximum atomic E-state index is 12.6. The highest BCUT2D eigenvalue weighted by Gasteiger charge is 2.38. The summed E-state index contributed by atoms with van der Waals surface area (Å²) < 4.78 is 0. The van der Waals surface area contributed by atoms with Crippen LogP contribution in [0.4, 0.5) is 0 Å². The molecule has 1 aliphatic carbocycles. The van der Waals surface area contributed by atoms with E-state index in [2.05, 4.69) is 30.6 Å². The van der Waals surface area contributed by atoms with E-state index in [0.717, 1.165) is 0 Å². The van der Waals surface area contributed by atoms with E-state index in [-0.39, 0.29) is 24.3 Å². The zero-order valence-electron chi connectivity index (χ0n) is 15.2. The summed E-state index contributed by atoms with van der Waals surface area (Å²) in [5.74, 6) is -0.890. The Morgan fingerprint density at radius 1 is 1.15 bits per heavy atom. The second kappa shape index (κ2) is 8.17. The van der Waals surface area contributed by atoms with Crippen LogP contribution in [0.15, 0.2) is 24.9 Å². The van der Waals surface area contributed by atoms with Gasteiger partial charge < -0.3 is 15.7 Å². The lowest BCUT2D eigenvalue weighted by Crippen LogP contribution is -2.40. The van der Waals surface area contributed by atoms with E-state index in [0.29, 0.717) is 35.5 Å². The Kier molecular flexibility index (Phi) is 5.70. The summed E-state index contributed by atoms with van der Waals surface area (Å²) in [5.41, 5.74) is 2.21. The Morgan fingerprint density at radius 3 is 2.56 bits per heavy atom. The second-order valence-electron chi connectivity index (χ2n) is 6.65. The third-order valence-electron chi connectivity index (χ3n) is 4.73. The molecule has 3 atom stereocenters. The van der Waals surface area contributed by atoms with Gasteiger partial charge in [0.15, 0.2) is 0 Å². The molecule has 2 heterocycles. The van der Waals surface area contributed by atoms with E-state index < -0.39 is 12.1 Å². The first-order valence-corrected chi connectivity index (χ1v) is 8.75. The minimum Gasteiger partial charge on any atom is -0.391 e. The van der Waals surface area contributed by atoms with Crippen LogP contribution in [0, 0.1) is 19.8 Å². The third-order valence-corrected chi connectivity index (χ3v) is 4.73. The largest absolute Gasteiger partial charge is 0.391 e. The fraction of sp³-hybridized carbons (Fsp3) is 0.444. The second-order valence-corrected chi connectivity index (χ2v) is 6.65. The molecule has 0 radical (unpaired) electrons. The summed E-state index contributed by atoms with van der Waals surface area (Å²) in [7, 11) is 0. The molecule has 9 heteroatoms. The van der Waals surface area contributed by atoms with Crippen LogP contribution >= 0.6 is 0 Å². The predicted molar refractivity (Wildman–Crippen MR) is 95.4 cm³/mol. The summed E-state index contributed by atoms with van der Waals surface area (Å²) in [6, 6.07) is -0.497. The molecule has 1 saturated carbocycles. The van der Waals surface area contributed by atoms with Crippen molar-refractivity contribution in [2.75, 3.05) is 0 Å². The normalized spacial score (nSPS) is 21.7. The zero-order chi connectivity index (χ0) is 19.4. The first-order chi connectivity index (χ1) is 13.0. The van der Waals surface area contributed by atoms with E-state index >= 15 is 0 Å². The minimum absolute atomic E-state index is 0.174. The Balaban J connectivity index is 1.57. The number of carbonyl (C=O) groups excluding carboxylic acids is 2. The van der Waals surface area contributed by atoms with Crippen LogP contribution < -0.4 is 10.6 Å². The number of aliphatic hydroxyl groups excluding tert-OH is 1. The van der Waals surface area contributed by atoms with Gasteiger partial charge in [-0.3, -0.25) is 19.6 Å². The Labute approximate surface area is 156 Å². The lowest BCUT2D eigenvalue weighted by Gasteiger charge is -2.17. The summed E-state index contributed by atoms with van der Waals surface area (Å²) >= 11 is 0. The van der Waals surface area contributed by atoms with Crippen LogP contribution in [-0.2, 0) is 11.3 Å². The number of aryl methyl sites for hydroxylation is 2. The van der Waals surface area contributed by atoms with E-state index in [1.165, 1.54) is 6.33 Å². The molecular weight excluding hydrogens is 348 g/mol. The van der Waals surface area contributed by atoms with Crippen molar-refractivity contribution in [1.82, 2.24) is 30.6 Å². The van der Waals surface area contributed by atoms with Crippen LogP contribution in [0.2, 0.25) is 0 Å². The van der Waals surface area contributed by atoms with Crippen molar-refractivity contribution < 1.29 is 14.7 Å². The Bertz CT molecular complexity index is 809. The van der Waals surface area contributed by atoms with Gasteiger partial charge in [0.05, 0.1) is 47.5 Å². The molecule has 0 aliphatic heterocycles. The molecule has 2 aromatic rings. The lowest BCUT2D eigenvalue weighted by atomic mass is 10.1. The van der Waals surface area contributed by atoms with Crippen molar-refractivity contribution in [2.24, 2.45) is 5.92 Å². The highest BCUT2D eigenvalue weighted by molar-refractivity contribution is 5.96. The van der Waals surface area contributed by atoms with Crippen molar-refractivity contribution in [1.29, 1.82) is 0 Å². The number of hydrogen-bond acceptors (Lipinski definition) is 7. The van der Waals surface area contributed by atoms with E-state index in [1.807, 2.05) is 0 Å². The molecule has 0 aromatic carbocycles. The van der Waals surface area contributed by atoms with Gasteiger partial charge in [-0.2, -0.15) is 0 Å². The van der Waals surface area contributed by atoms with Crippen LogP contribution in [0.3, 0.4) is 0 Å². The molecule has 1 aliphatic rings. The van der Waals surface area contributed by atoms with Crippen LogP contribution in [0.25, 0.3) is 0 Å². The van der Waals surface area contributed by atoms with Gasteiger partial charge >= 0.3 is 0 Å². The fourth-order valence-corrected chi connectivity index (χ4v) is 3.29. The van der Waals surface area contributed by atoms with E-state index in [4.69, 9.17) is 0 Å². The SMILES string of the molecule is Cc1ncnc(C)c1C(=O)N[C@H]1C[C@H](C(=O)NCc2cnccn2)C[C@@H]1O. The van der Waals surface area contributed by atoms with Gasteiger partial charge in [-0.05, 0) is 26.7 Å². The molecule has 3 rings (SSSR count). The van der Waals surface area contributed by atoms with E-state index in [1.54, 1.807) is 32.4 Å². The molecule has 0 saturated heterocycles. The van der Waals surface area contributed by atoms with Gasteiger partial charge in [0, 0.05) is 18.3 Å². The third kappa shape index (κ3) is 4.43. The van der Waals surface area contributed by atoms with Crippen LogP contribution in [-0.4, -0.2) is 49.0 Å². The van der Waals surface area contributed by atoms with Gasteiger partial charge in [-0.1, -0.05) is 0 Å². The molecule has 9 nitrogen and oxygen atoms in total. The smallest absolute Gasteiger partial charge is 0.255 e. The van der Waals surface area contributed by atoms with Gasteiger partial charge in [0.25, 0.3) is 5.91 Å². The number of hydrogen-bond donors (Lipinski definition) is 3. The van der Waals surface area contributed by atoms with Crippen molar-refractivity contribution in [3.05, 3.63) is 47.6 Å². The number of aliphatic hydroxyl groups is 1. The number of nitrogens with one attached hydrogen (secondary N) is 2. The highest BCUT2D eigenvalue weighted by atomic mass is 16.3. The van der Waals surface area contributed by atoms with Gasteiger partial charge in [-0.25, -0.2) is 9.97 Å². The minimum atomic E-state index is -0.786. The van der Waals surface area contributed by atoms with Gasteiger partial charge in [0.1, 0.15) is 6.33 Å². The molecule has 1 fully saturated rings. The number of aromatic nitrogens is 4. The van der Waals surface area contributed by atoms with Gasteiger partial charge in [-0.15, -0.1) is 0 Å². The maximum absolute atomic E-state index is 12.6. The summed E-state index contributed by atoms with van der Waals surface area (Å²) in [6.45, 7) is 3.74. The number of nitrogens with zero attached hydrogens (tertiary/aromatic N) is 4. The summed E-state index contributed by atoms with van der Waals surface area (Å²) in [6.07, 6.45) is 5.98. The first kappa shape index (κ1) is 18.8. The topological polar surface area (TPSA) is 130 Å². The van der Waals surface area contributed by atoms with Crippen molar-refractivity contribution in [3.8, 4) is 0 Å². The molecular formula is C18H22N6O3. The molecule has 2 aromatic heterocycles. The molecule has 142 valence electrons. The molecule has 0 spiro atoms. The zero-order valence-corrected chi connectivity index (χ0v) is 15.2. The quantitative estimate of drug-likeness (QED) is 0.679. The number of carbonyl (C=O) groups is 2. The van der Waals surface area contributed by atoms with Crippen LogP contribution in [0.5, 0.6) is 0 Å². The molecule has 3 N–H and O–H groups in total. The lowest BCUT2D eigenvalue weighted by molar-refractivity contribution is -0.125. The average molecular weight is 370 g/mol. The Hall–Kier alpha value is -2.94. The molecule has 0 bridgehead atoms. The molecule has 0 unspecified atom stereocenters. The fourth-order valence-electron chi connectivity index (χ4n) is 3.29. The monoisotopic (exact) mass is 370 g/mol. The number of amides is 2. The van der Waals surface area contributed by atoms with E-state index in [9.17, 15) is 14.7 Å². The number of rotatable bonds is 5. The Morgan fingerprint density at radius 2 is 1.89 bits per heavy atom. The standard InChI is InChI=1S/C18H22N6O3/c1-10-16(11(2)23-9-22-10)18(27)24-14-5-12(6-15(14)25)17(26)21-8-13-7-19-3-4-20-13/h3-4,7,9,12,14-15,25H,5-6,8H2,1-2H3,(H,21,26)(H,24,27)/t12-,14-,15-/m0/s1. The molecule has 2 amide bonds. The summed E-state index contributed by atoms with van der Waals surface area (Å²) in [5, 5.41) is 15.9. The average Bonchev–Trinajstić information content (AvgIpc) is 3.01. The molecule has 27 heavy (non-hydrogen) atoms. The highest BCUT2D eigenvalue weighted by Crippen LogP contribution is 2.27. The predicted octanol–water partition coefficient (Wildman–Crippen LogP) is 0.0691. The van der Waals surface area contributed by atoms with Crippen molar-refractivity contribution in [3.63, 3.8) is 0 Å².